The molecule has 0 unspecified atom stereocenters. The molecule has 2 amide bonds. The minimum absolute atomic E-state index is 0.365. The molecule has 0 aliphatic rings. The maximum absolute atomic E-state index is 12.7. The molecule has 3 aromatic heterocycles. The first kappa shape index (κ1) is 16.9. The quantitative estimate of drug-likeness (QED) is 0.538. The van der Waals surface area contributed by atoms with Gasteiger partial charge < -0.3 is 0 Å². The van der Waals surface area contributed by atoms with E-state index in [-0.39, 0.29) is 5.91 Å². The minimum atomic E-state index is -0.415. The number of hydrogen-bond donors (Lipinski definition) is 2. The summed E-state index contributed by atoms with van der Waals surface area (Å²) in [6, 6.07) is 14.5. The summed E-state index contributed by atoms with van der Waals surface area (Å²) in [5.74, 6) is -0.780. The SMILES string of the molecule is O=C(NNC(=O)c1cc(-c2cccnc2)nc2ccccc12)c1ccsc1. The number of nitrogens with one attached hydrogen (secondary N) is 2. The normalized spacial score (nSPS) is 10.5. The first-order chi connectivity index (χ1) is 13.2. The molecule has 6 nitrogen and oxygen atoms in total. The number of fused-ring (bicyclic) bond motifs is 1. The van der Waals surface area contributed by atoms with Crippen molar-refractivity contribution in [2.45, 2.75) is 0 Å². The smallest absolute Gasteiger partial charge is 0.267 e. The second-order valence-corrected chi connectivity index (χ2v) is 6.51. The van der Waals surface area contributed by atoms with Crippen LogP contribution in [-0.2, 0) is 0 Å². The molecule has 27 heavy (non-hydrogen) atoms. The van der Waals surface area contributed by atoms with Crippen LogP contribution in [0.2, 0.25) is 0 Å². The van der Waals surface area contributed by atoms with Gasteiger partial charge in [0.1, 0.15) is 0 Å². The Bertz CT molecular complexity index is 1110. The van der Waals surface area contributed by atoms with Crippen LogP contribution in [0, 0.1) is 0 Å². The molecule has 7 heteroatoms. The summed E-state index contributed by atoms with van der Waals surface area (Å²) in [5.41, 5.74) is 7.97. The number of benzene rings is 1. The van der Waals surface area contributed by atoms with Crippen molar-refractivity contribution in [2.24, 2.45) is 0 Å². The van der Waals surface area contributed by atoms with Gasteiger partial charge in [-0.1, -0.05) is 18.2 Å². The first-order valence-electron chi connectivity index (χ1n) is 8.15. The number of para-hydroxylation sites is 1. The largest absolute Gasteiger partial charge is 0.270 e. The number of aromatic nitrogens is 2. The molecule has 3 heterocycles. The minimum Gasteiger partial charge on any atom is -0.267 e. The molecule has 0 fully saturated rings. The Morgan fingerprint density at radius 3 is 2.59 bits per heavy atom. The zero-order chi connectivity index (χ0) is 18.6. The fraction of sp³-hybridized carbons (Fsp3) is 0. The van der Waals surface area contributed by atoms with Gasteiger partial charge in [-0.2, -0.15) is 11.3 Å². The van der Waals surface area contributed by atoms with Gasteiger partial charge in [0, 0.05) is 28.7 Å². The molecule has 0 bridgehead atoms. The average Bonchev–Trinajstić information content (AvgIpc) is 3.26. The lowest BCUT2D eigenvalue weighted by Crippen LogP contribution is -2.41. The summed E-state index contributed by atoms with van der Waals surface area (Å²) in [5, 5.41) is 4.21. The average molecular weight is 374 g/mol. The highest BCUT2D eigenvalue weighted by Crippen LogP contribution is 2.24. The number of pyridine rings is 2. The molecule has 4 rings (SSSR count). The molecule has 0 saturated heterocycles. The molecule has 0 spiro atoms. The molecule has 0 atom stereocenters. The van der Waals surface area contributed by atoms with Crippen molar-refractivity contribution in [3.8, 4) is 11.3 Å². The standard InChI is InChI=1S/C20H14N4O2S/c25-19(14-7-9-27-12-14)23-24-20(26)16-10-18(13-4-3-8-21-11-13)22-17-6-2-1-5-15(16)17/h1-12H,(H,23,25)(H,24,26). The van der Waals surface area contributed by atoms with Gasteiger partial charge in [-0.15, -0.1) is 0 Å². The zero-order valence-electron chi connectivity index (χ0n) is 14.0. The van der Waals surface area contributed by atoms with Crippen molar-refractivity contribution in [1.82, 2.24) is 20.8 Å². The third-order valence-corrected chi connectivity index (χ3v) is 4.67. The Morgan fingerprint density at radius 2 is 1.81 bits per heavy atom. The van der Waals surface area contributed by atoms with Gasteiger partial charge in [0.05, 0.1) is 22.3 Å². The number of carbonyl (C=O) groups is 2. The van der Waals surface area contributed by atoms with Crippen molar-refractivity contribution in [1.29, 1.82) is 0 Å². The third kappa shape index (κ3) is 3.54. The summed E-state index contributed by atoms with van der Waals surface area (Å²) >= 11 is 1.41. The van der Waals surface area contributed by atoms with E-state index in [1.807, 2.05) is 36.4 Å². The molecule has 0 aliphatic carbocycles. The van der Waals surface area contributed by atoms with E-state index >= 15 is 0 Å². The van der Waals surface area contributed by atoms with Crippen LogP contribution in [0.5, 0.6) is 0 Å². The number of rotatable bonds is 3. The monoisotopic (exact) mass is 374 g/mol. The number of carbonyl (C=O) groups excluding carboxylic acids is 2. The summed E-state index contributed by atoms with van der Waals surface area (Å²) in [7, 11) is 0. The van der Waals surface area contributed by atoms with Gasteiger partial charge in [0.25, 0.3) is 11.8 Å². The summed E-state index contributed by atoms with van der Waals surface area (Å²) in [6.45, 7) is 0. The lowest BCUT2D eigenvalue weighted by Gasteiger charge is -2.11. The van der Waals surface area contributed by atoms with Crippen LogP contribution in [0.1, 0.15) is 20.7 Å². The van der Waals surface area contributed by atoms with Gasteiger partial charge in [-0.25, -0.2) is 4.98 Å². The van der Waals surface area contributed by atoms with Gasteiger partial charge in [-0.05, 0) is 35.7 Å². The summed E-state index contributed by atoms with van der Waals surface area (Å²) in [4.78, 5) is 33.5. The Balaban J connectivity index is 1.67. The van der Waals surface area contributed by atoms with E-state index in [1.165, 1.54) is 11.3 Å². The number of hydrogen-bond acceptors (Lipinski definition) is 5. The zero-order valence-corrected chi connectivity index (χ0v) is 14.9. The molecule has 2 N–H and O–H groups in total. The van der Waals surface area contributed by atoms with Gasteiger partial charge in [0.15, 0.2) is 0 Å². The van der Waals surface area contributed by atoms with Crippen LogP contribution < -0.4 is 10.9 Å². The van der Waals surface area contributed by atoms with Crippen LogP contribution in [0.3, 0.4) is 0 Å². The van der Waals surface area contributed by atoms with E-state index in [2.05, 4.69) is 20.8 Å². The lowest BCUT2D eigenvalue weighted by molar-refractivity contribution is 0.0848. The Labute approximate surface area is 158 Å². The Kier molecular flexibility index (Phi) is 4.59. The van der Waals surface area contributed by atoms with Crippen molar-refractivity contribution in [3.05, 3.63) is 82.8 Å². The van der Waals surface area contributed by atoms with Gasteiger partial charge in [-0.3, -0.25) is 25.4 Å². The first-order valence-corrected chi connectivity index (χ1v) is 9.10. The Hall–Kier alpha value is -3.58. The summed E-state index contributed by atoms with van der Waals surface area (Å²) in [6.07, 6.45) is 3.37. The van der Waals surface area contributed by atoms with E-state index in [0.29, 0.717) is 27.7 Å². The second kappa shape index (κ2) is 7.35. The number of hydrazine groups is 1. The molecular weight excluding hydrogens is 360 g/mol. The summed E-state index contributed by atoms with van der Waals surface area (Å²) < 4.78 is 0. The van der Waals surface area contributed by atoms with Gasteiger partial charge >= 0.3 is 0 Å². The fourth-order valence-electron chi connectivity index (χ4n) is 2.67. The number of thiophene rings is 1. The van der Waals surface area contributed by atoms with E-state index in [1.54, 1.807) is 35.3 Å². The van der Waals surface area contributed by atoms with Crippen LogP contribution >= 0.6 is 11.3 Å². The van der Waals surface area contributed by atoms with E-state index in [9.17, 15) is 9.59 Å². The maximum Gasteiger partial charge on any atom is 0.270 e. The Morgan fingerprint density at radius 1 is 0.963 bits per heavy atom. The van der Waals surface area contributed by atoms with Crippen LogP contribution in [-0.4, -0.2) is 21.8 Å². The molecular formula is C20H14N4O2S. The van der Waals surface area contributed by atoms with Crippen LogP contribution in [0.4, 0.5) is 0 Å². The second-order valence-electron chi connectivity index (χ2n) is 5.73. The van der Waals surface area contributed by atoms with Crippen LogP contribution in [0.25, 0.3) is 22.2 Å². The molecule has 0 saturated carbocycles. The van der Waals surface area contributed by atoms with Crippen molar-refractivity contribution in [3.63, 3.8) is 0 Å². The van der Waals surface area contributed by atoms with Gasteiger partial charge in [0.2, 0.25) is 0 Å². The van der Waals surface area contributed by atoms with Crippen molar-refractivity contribution >= 4 is 34.1 Å². The molecule has 4 aromatic rings. The highest BCUT2D eigenvalue weighted by atomic mass is 32.1. The van der Waals surface area contributed by atoms with Crippen LogP contribution in [0.15, 0.2) is 71.7 Å². The maximum atomic E-state index is 12.7. The predicted octanol–water partition coefficient (Wildman–Crippen LogP) is 3.43. The predicted molar refractivity (Wildman–Crippen MR) is 104 cm³/mol. The molecule has 1 aromatic carbocycles. The highest BCUT2D eigenvalue weighted by Gasteiger charge is 2.15. The number of amides is 2. The van der Waals surface area contributed by atoms with Crippen molar-refractivity contribution < 1.29 is 9.59 Å². The number of nitrogens with zero attached hydrogens (tertiary/aromatic N) is 2. The molecule has 0 radical (unpaired) electrons. The van der Waals surface area contributed by atoms with E-state index < -0.39 is 5.91 Å². The molecule has 132 valence electrons. The van der Waals surface area contributed by atoms with E-state index in [4.69, 9.17) is 0 Å². The molecule has 0 aliphatic heterocycles. The highest BCUT2D eigenvalue weighted by molar-refractivity contribution is 7.08. The topological polar surface area (TPSA) is 84.0 Å². The van der Waals surface area contributed by atoms with E-state index in [0.717, 1.165) is 5.56 Å². The lowest BCUT2D eigenvalue weighted by atomic mass is 10.0. The fourth-order valence-corrected chi connectivity index (χ4v) is 3.31. The third-order valence-electron chi connectivity index (χ3n) is 3.99. The van der Waals surface area contributed by atoms with Crippen molar-refractivity contribution in [2.75, 3.05) is 0 Å².